The van der Waals surface area contributed by atoms with Gasteiger partial charge in [0.05, 0.1) is 11.3 Å². The zero-order valence-corrected chi connectivity index (χ0v) is 16.6. The molecule has 0 spiro atoms. The number of imidazole rings is 1. The largest absolute Gasteiger partial charge is 0.330 e. The number of benzene rings is 2. The highest BCUT2D eigenvalue weighted by Gasteiger charge is 2.31. The molecule has 0 saturated heterocycles. The number of nitrogens with zero attached hydrogens (tertiary/aromatic N) is 5. The van der Waals surface area contributed by atoms with E-state index in [9.17, 15) is 4.39 Å². The Bertz CT molecular complexity index is 1120. The molecule has 1 aliphatic carbocycles. The van der Waals surface area contributed by atoms with Gasteiger partial charge in [0.15, 0.2) is 11.0 Å². The minimum atomic E-state index is -0.267. The maximum Gasteiger partial charge on any atom is 0.192 e. The van der Waals surface area contributed by atoms with Gasteiger partial charge < -0.3 is 4.57 Å². The van der Waals surface area contributed by atoms with Crippen molar-refractivity contribution in [1.29, 1.82) is 0 Å². The van der Waals surface area contributed by atoms with Crippen LogP contribution in [0, 0.1) is 5.82 Å². The van der Waals surface area contributed by atoms with Crippen LogP contribution in [0.5, 0.6) is 0 Å². The van der Waals surface area contributed by atoms with Gasteiger partial charge in [0.25, 0.3) is 0 Å². The maximum atomic E-state index is 14.3. The summed E-state index contributed by atoms with van der Waals surface area (Å²) in [5.74, 6) is 2.01. The fourth-order valence-electron chi connectivity index (χ4n) is 3.40. The van der Waals surface area contributed by atoms with Gasteiger partial charge in [-0.1, -0.05) is 54.2 Å². The van der Waals surface area contributed by atoms with E-state index in [-0.39, 0.29) is 5.82 Å². The van der Waals surface area contributed by atoms with E-state index in [1.165, 1.54) is 11.6 Å². The van der Waals surface area contributed by atoms with Crippen LogP contribution in [0.1, 0.15) is 30.3 Å². The predicted octanol–water partition coefficient (Wildman–Crippen LogP) is 4.96. The van der Waals surface area contributed by atoms with Gasteiger partial charge in [0.2, 0.25) is 0 Å². The van der Waals surface area contributed by atoms with Crippen LogP contribution in [0.2, 0.25) is 0 Å². The summed E-state index contributed by atoms with van der Waals surface area (Å²) < 4.78 is 18.6. The Kier molecular flexibility index (Phi) is 4.89. The van der Waals surface area contributed by atoms with Gasteiger partial charge >= 0.3 is 0 Å². The first-order valence-corrected chi connectivity index (χ1v) is 10.6. The van der Waals surface area contributed by atoms with Crippen LogP contribution in [-0.4, -0.2) is 24.3 Å². The molecule has 1 fully saturated rings. The SMILES string of the molecule is Fc1ccccc1-c1nnc(SCc2nccn2Cc2ccccc2)n1C1CC1. The molecule has 0 N–H and O–H groups in total. The van der Waals surface area contributed by atoms with Crippen molar-refractivity contribution in [1.82, 2.24) is 24.3 Å². The standard InChI is InChI=1S/C22H20FN5S/c23-19-9-5-4-8-18(19)21-25-26-22(28(21)17-10-11-17)29-15-20-24-12-13-27(20)14-16-6-2-1-3-7-16/h1-9,12-13,17H,10-11,14-15H2. The van der Waals surface area contributed by atoms with E-state index in [4.69, 9.17) is 0 Å². The maximum absolute atomic E-state index is 14.3. The second kappa shape index (κ2) is 7.83. The number of thioether (sulfide) groups is 1. The lowest BCUT2D eigenvalue weighted by Gasteiger charge is -2.10. The van der Waals surface area contributed by atoms with Crippen molar-refractivity contribution < 1.29 is 4.39 Å². The summed E-state index contributed by atoms with van der Waals surface area (Å²) in [7, 11) is 0. The molecule has 0 radical (unpaired) electrons. The molecule has 5 nitrogen and oxygen atoms in total. The third-order valence-corrected chi connectivity index (χ3v) is 5.96. The van der Waals surface area contributed by atoms with Gasteiger partial charge in [-0.2, -0.15) is 0 Å². The third-order valence-electron chi connectivity index (χ3n) is 5.02. The highest BCUT2D eigenvalue weighted by molar-refractivity contribution is 7.98. The fourth-order valence-corrected chi connectivity index (χ4v) is 4.37. The number of hydrogen-bond acceptors (Lipinski definition) is 4. The number of rotatable bonds is 7. The smallest absolute Gasteiger partial charge is 0.192 e. The lowest BCUT2D eigenvalue weighted by Crippen LogP contribution is -2.04. The van der Waals surface area contributed by atoms with Crippen LogP contribution in [0.3, 0.4) is 0 Å². The summed E-state index contributed by atoms with van der Waals surface area (Å²) >= 11 is 1.60. The Morgan fingerprint density at radius 2 is 1.79 bits per heavy atom. The molecule has 0 aliphatic heterocycles. The van der Waals surface area contributed by atoms with E-state index >= 15 is 0 Å². The van der Waals surface area contributed by atoms with Gasteiger partial charge in [-0.3, -0.25) is 4.57 Å². The normalized spacial score (nSPS) is 13.7. The van der Waals surface area contributed by atoms with E-state index < -0.39 is 0 Å². The van der Waals surface area contributed by atoms with E-state index in [0.717, 1.165) is 30.4 Å². The minimum Gasteiger partial charge on any atom is -0.330 e. The number of halogens is 1. The van der Waals surface area contributed by atoms with E-state index in [2.05, 4.69) is 36.4 Å². The van der Waals surface area contributed by atoms with Gasteiger partial charge in [-0.05, 0) is 30.5 Å². The van der Waals surface area contributed by atoms with Crippen LogP contribution < -0.4 is 0 Å². The molecule has 0 unspecified atom stereocenters. The summed E-state index contributed by atoms with van der Waals surface area (Å²) in [6, 6.07) is 17.4. The molecular weight excluding hydrogens is 385 g/mol. The molecule has 2 aromatic heterocycles. The van der Waals surface area contributed by atoms with Gasteiger partial charge in [-0.15, -0.1) is 10.2 Å². The first-order chi connectivity index (χ1) is 14.3. The molecule has 29 heavy (non-hydrogen) atoms. The van der Waals surface area contributed by atoms with Gasteiger partial charge in [0, 0.05) is 25.0 Å². The van der Waals surface area contributed by atoms with Crippen molar-refractivity contribution in [2.75, 3.05) is 0 Å². The number of hydrogen-bond donors (Lipinski definition) is 0. The third kappa shape index (κ3) is 3.82. The Labute approximate surface area is 172 Å². The predicted molar refractivity (Wildman–Crippen MR) is 111 cm³/mol. The van der Waals surface area contributed by atoms with Crippen molar-refractivity contribution in [3.63, 3.8) is 0 Å². The quantitative estimate of drug-likeness (QED) is 0.408. The average Bonchev–Trinajstić information content (AvgIpc) is 3.35. The first kappa shape index (κ1) is 18.1. The summed E-state index contributed by atoms with van der Waals surface area (Å²) in [6.45, 7) is 0.784. The zero-order chi connectivity index (χ0) is 19.6. The second-order valence-corrected chi connectivity index (χ2v) is 8.08. The molecule has 2 aromatic carbocycles. The van der Waals surface area contributed by atoms with Crippen molar-refractivity contribution >= 4 is 11.8 Å². The van der Waals surface area contributed by atoms with Crippen LogP contribution in [0.4, 0.5) is 4.39 Å². The van der Waals surface area contributed by atoms with Crippen LogP contribution in [0.15, 0.2) is 72.1 Å². The van der Waals surface area contributed by atoms with E-state index in [1.54, 1.807) is 23.9 Å². The van der Waals surface area contributed by atoms with Crippen LogP contribution >= 0.6 is 11.8 Å². The fraction of sp³-hybridized carbons (Fsp3) is 0.227. The van der Waals surface area contributed by atoms with Crippen LogP contribution in [0.25, 0.3) is 11.4 Å². The van der Waals surface area contributed by atoms with Crippen LogP contribution in [-0.2, 0) is 12.3 Å². The van der Waals surface area contributed by atoms with Crippen molar-refractivity contribution in [3.8, 4) is 11.4 Å². The number of aromatic nitrogens is 5. The van der Waals surface area contributed by atoms with Crippen molar-refractivity contribution in [2.24, 2.45) is 0 Å². The van der Waals surface area contributed by atoms with Crippen molar-refractivity contribution in [3.05, 3.63) is 84.2 Å². The highest BCUT2D eigenvalue weighted by atomic mass is 32.2. The summed E-state index contributed by atoms with van der Waals surface area (Å²) in [6.07, 6.45) is 5.99. The molecule has 4 aromatic rings. The molecule has 146 valence electrons. The summed E-state index contributed by atoms with van der Waals surface area (Å²) in [5, 5.41) is 9.52. The van der Waals surface area contributed by atoms with Gasteiger partial charge in [0.1, 0.15) is 11.6 Å². The van der Waals surface area contributed by atoms with E-state index in [0.29, 0.717) is 23.2 Å². The molecule has 0 amide bonds. The molecule has 0 atom stereocenters. The Morgan fingerprint density at radius 3 is 2.59 bits per heavy atom. The second-order valence-electron chi connectivity index (χ2n) is 7.13. The lowest BCUT2D eigenvalue weighted by atomic mass is 10.2. The Balaban J connectivity index is 1.38. The molecule has 2 heterocycles. The molecule has 5 rings (SSSR count). The Hall–Kier alpha value is -2.93. The average molecular weight is 406 g/mol. The minimum absolute atomic E-state index is 0.267. The molecule has 7 heteroatoms. The first-order valence-electron chi connectivity index (χ1n) is 9.66. The molecule has 1 saturated carbocycles. The molecule has 0 bridgehead atoms. The molecule has 1 aliphatic rings. The molecular formula is C22H20FN5S. The van der Waals surface area contributed by atoms with Crippen molar-refractivity contribution in [2.45, 2.75) is 36.3 Å². The zero-order valence-electron chi connectivity index (χ0n) is 15.8. The van der Waals surface area contributed by atoms with Gasteiger partial charge in [-0.25, -0.2) is 9.37 Å². The monoisotopic (exact) mass is 405 g/mol. The highest BCUT2D eigenvalue weighted by Crippen LogP contribution is 2.41. The Morgan fingerprint density at radius 1 is 1.00 bits per heavy atom. The summed E-state index contributed by atoms with van der Waals surface area (Å²) in [5.41, 5.74) is 1.74. The lowest BCUT2D eigenvalue weighted by molar-refractivity contribution is 0.622. The summed E-state index contributed by atoms with van der Waals surface area (Å²) in [4.78, 5) is 4.52. The topological polar surface area (TPSA) is 48.5 Å². The van der Waals surface area contributed by atoms with E-state index in [1.807, 2.05) is 36.7 Å².